The molecular formula is C23H30FN6O6PS. The molecular weight excluding hydrogens is 538 g/mol. The number of fused-ring (bicyclic) bond motifs is 1. The third kappa shape index (κ3) is 5.65. The molecule has 206 valence electrons. The molecule has 2 aromatic heterocycles. The molecule has 6 atom stereocenters. The van der Waals surface area contributed by atoms with Gasteiger partial charge in [-0.3, -0.25) is 9.36 Å². The van der Waals surface area contributed by atoms with Crippen molar-refractivity contribution in [2.75, 3.05) is 26.1 Å². The predicted octanol–water partition coefficient (Wildman–Crippen LogP) is 2.63. The number of ether oxygens (including phenoxy) is 2. The highest BCUT2D eigenvalue weighted by atomic mass is 32.5. The van der Waals surface area contributed by atoms with E-state index in [1.165, 1.54) is 24.9 Å². The van der Waals surface area contributed by atoms with Crippen molar-refractivity contribution in [2.24, 2.45) is 0 Å². The maximum Gasteiger partial charge on any atom is 0.323 e. The number of aliphatic hydroxyl groups is 1. The van der Waals surface area contributed by atoms with Crippen LogP contribution < -0.4 is 14.9 Å². The van der Waals surface area contributed by atoms with Crippen LogP contribution in [0.15, 0.2) is 36.7 Å². The number of nitrogens with one attached hydrogen (secondary N) is 2. The highest BCUT2D eigenvalue weighted by molar-refractivity contribution is 8.09. The summed E-state index contributed by atoms with van der Waals surface area (Å²) in [6, 6.07) is 7.81. The highest BCUT2D eigenvalue weighted by Crippen LogP contribution is 2.48. The number of benzene rings is 1. The summed E-state index contributed by atoms with van der Waals surface area (Å²) >= 11 is 5.65. The molecule has 1 unspecified atom stereocenters. The maximum atomic E-state index is 16.0. The van der Waals surface area contributed by atoms with Crippen molar-refractivity contribution in [3.63, 3.8) is 0 Å². The number of aromatic nitrogens is 4. The first-order valence-corrected chi connectivity index (χ1v) is 14.4. The van der Waals surface area contributed by atoms with E-state index in [2.05, 4.69) is 25.4 Å². The minimum atomic E-state index is -3.40. The van der Waals surface area contributed by atoms with Gasteiger partial charge in [-0.2, -0.15) is 0 Å². The van der Waals surface area contributed by atoms with Crippen LogP contribution in [-0.4, -0.2) is 75.3 Å². The van der Waals surface area contributed by atoms with Crippen LogP contribution in [0.2, 0.25) is 0 Å². The van der Waals surface area contributed by atoms with Gasteiger partial charge in [-0.1, -0.05) is 18.2 Å². The largest absolute Gasteiger partial charge is 0.468 e. The number of alkyl halides is 1. The summed E-state index contributed by atoms with van der Waals surface area (Å²) in [5.74, 6) is 0.766. The summed E-state index contributed by atoms with van der Waals surface area (Å²) < 4.78 is 40.0. The molecule has 15 heteroatoms. The van der Waals surface area contributed by atoms with Crippen molar-refractivity contribution in [1.82, 2.24) is 24.6 Å². The van der Waals surface area contributed by atoms with Crippen molar-refractivity contribution in [2.45, 2.75) is 50.9 Å². The number of nitrogens with zero attached hydrogens (tertiary/aromatic N) is 4. The summed E-state index contributed by atoms with van der Waals surface area (Å²) in [7, 11) is 2.94. The summed E-state index contributed by atoms with van der Waals surface area (Å²) in [5, 5.41) is 16.7. The molecule has 3 aromatic rings. The molecule has 3 heterocycles. The number of halogens is 1. The second kappa shape index (κ2) is 11.2. The van der Waals surface area contributed by atoms with E-state index in [4.69, 9.17) is 30.3 Å². The van der Waals surface area contributed by atoms with Crippen LogP contribution in [-0.2, 0) is 30.6 Å². The lowest BCUT2D eigenvalue weighted by atomic mass is 9.98. The van der Waals surface area contributed by atoms with Crippen LogP contribution in [0.3, 0.4) is 0 Å². The number of hydrogen-bond donors (Lipinski definition) is 3. The lowest BCUT2D eigenvalue weighted by Gasteiger charge is -2.27. The third-order valence-electron chi connectivity index (χ3n) is 6.02. The molecule has 1 aromatic carbocycles. The Hall–Kier alpha value is -2.74. The Morgan fingerprint density at radius 2 is 2.08 bits per heavy atom. The number of imidazole rings is 1. The molecule has 0 radical (unpaired) electrons. The monoisotopic (exact) mass is 568 g/mol. The lowest BCUT2D eigenvalue weighted by molar-refractivity contribution is -0.142. The Morgan fingerprint density at radius 1 is 1.37 bits per heavy atom. The highest BCUT2D eigenvalue weighted by Gasteiger charge is 2.55. The summed E-state index contributed by atoms with van der Waals surface area (Å²) in [5.41, 5.74) is -1.47. The van der Waals surface area contributed by atoms with Gasteiger partial charge in [0.2, 0.25) is 0 Å². The molecule has 4 rings (SSSR count). The zero-order valence-corrected chi connectivity index (χ0v) is 23.2. The second-order valence-corrected chi connectivity index (χ2v) is 12.0. The zero-order valence-electron chi connectivity index (χ0n) is 21.5. The molecule has 38 heavy (non-hydrogen) atoms. The van der Waals surface area contributed by atoms with Gasteiger partial charge in [0.25, 0.3) is 0 Å². The normalized spacial score (nSPS) is 25.6. The summed E-state index contributed by atoms with van der Waals surface area (Å²) in [6.45, 7) is 0.755. The van der Waals surface area contributed by atoms with Crippen molar-refractivity contribution >= 4 is 41.4 Å². The van der Waals surface area contributed by atoms with Gasteiger partial charge in [0.15, 0.2) is 28.9 Å². The molecule has 0 spiro atoms. The molecule has 0 saturated carbocycles. The predicted molar refractivity (Wildman–Crippen MR) is 141 cm³/mol. The van der Waals surface area contributed by atoms with E-state index in [1.54, 1.807) is 51.2 Å². The molecule has 1 aliphatic heterocycles. The van der Waals surface area contributed by atoms with E-state index in [9.17, 15) is 9.90 Å². The van der Waals surface area contributed by atoms with Gasteiger partial charge < -0.3 is 28.9 Å². The average Bonchev–Trinajstić information content (AvgIpc) is 3.39. The molecule has 3 N–H and O–H groups in total. The number of esters is 1. The number of methoxy groups -OCH3 is 1. The first kappa shape index (κ1) is 28.3. The molecule has 12 nitrogen and oxygen atoms in total. The average molecular weight is 569 g/mol. The van der Waals surface area contributed by atoms with Crippen LogP contribution >= 0.6 is 6.64 Å². The van der Waals surface area contributed by atoms with Crippen molar-refractivity contribution in [1.29, 1.82) is 0 Å². The van der Waals surface area contributed by atoms with Crippen LogP contribution in [0.1, 0.15) is 25.9 Å². The fraction of sp³-hybridized carbons (Fsp3) is 0.478. The zero-order chi connectivity index (χ0) is 27.7. The first-order chi connectivity index (χ1) is 18.0. The number of hydrogen-bond acceptors (Lipinski definition) is 11. The topological polar surface area (TPSA) is 142 Å². The SMILES string of the molecule is CNc1nc(C)nc2c1ncn2[C@@H]1O[C@H](COP(=S)(N[C@H](C)C(=O)OC)Oc2ccccc2)[C@@H](O)[C@@]1(C)F. The number of aryl methyl sites for hydroxylation is 1. The number of carbonyl (C=O) groups is 1. The first-order valence-electron chi connectivity index (χ1n) is 11.7. The van der Waals surface area contributed by atoms with Gasteiger partial charge >= 0.3 is 12.6 Å². The van der Waals surface area contributed by atoms with Crippen LogP contribution in [0.4, 0.5) is 10.2 Å². The Balaban J connectivity index is 1.57. The second-order valence-electron chi connectivity index (χ2n) is 8.89. The van der Waals surface area contributed by atoms with Crippen LogP contribution in [0, 0.1) is 6.92 Å². The van der Waals surface area contributed by atoms with E-state index in [1.807, 2.05) is 0 Å². The molecule has 0 amide bonds. The molecule has 1 saturated heterocycles. The minimum Gasteiger partial charge on any atom is -0.468 e. The Morgan fingerprint density at radius 3 is 2.74 bits per heavy atom. The van der Waals surface area contributed by atoms with E-state index < -0.39 is 42.8 Å². The van der Waals surface area contributed by atoms with E-state index in [0.717, 1.165) is 0 Å². The van der Waals surface area contributed by atoms with Crippen molar-refractivity contribution < 1.29 is 32.8 Å². The Labute approximate surface area is 224 Å². The van der Waals surface area contributed by atoms with E-state index in [-0.39, 0.29) is 6.61 Å². The quantitative estimate of drug-likeness (QED) is 0.244. The number of rotatable bonds is 10. The number of para-hydroxylation sites is 1. The van der Waals surface area contributed by atoms with Crippen LogP contribution in [0.5, 0.6) is 5.75 Å². The third-order valence-corrected chi connectivity index (χ3v) is 8.52. The van der Waals surface area contributed by atoms with Gasteiger partial charge in [-0.25, -0.2) is 24.4 Å². The maximum absolute atomic E-state index is 16.0. The van der Waals surface area contributed by atoms with Gasteiger partial charge in [0.05, 0.1) is 20.0 Å². The van der Waals surface area contributed by atoms with Gasteiger partial charge in [0, 0.05) is 7.05 Å². The number of anilines is 1. The van der Waals surface area contributed by atoms with Gasteiger partial charge in [0.1, 0.15) is 29.8 Å². The van der Waals surface area contributed by atoms with Gasteiger partial charge in [-0.05, 0) is 44.7 Å². The van der Waals surface area contributed by atoms with Crippen molar-refractivity contribution in [3.8, 4) is 5.75 Å². The van der Waals surface area contributed by atoms with Crippen molar-refractivity contribution in [3.05, 3.63) is 42.5 Å². The minimum absolute atomic E-state index is 0.329. The molecule has 0 aliphatic carbocycles. The fourth-order valence-corrected chi connectivity index (χ4v) is 6.49. The summed E-state index contributed by atoms with van der Waals surface area (Å²) in [6.07, 6.45) is -2.60. The lowest BCUT2D eigenvalue weighted by Crippen LogP contribution is -2.41. The molecule has 0 bridgehead atoms. The number of aliphatic hydroxyl groups excluding tert-OH is 1. The Kier molecular flexibility index (Phi) is 8.31. The van der Waals surface area contributed by atoms with E-state index in [0.29, 0.717) is 28.6 Å². The number of carbonyl (C=O) groups excluding carboxylic acids is 1. The van der Waals surface area contributed by atoms with Crippen LogP contribution in [0.25, 0.3) is 11.2 Å². The van der Waals surface area contributed by atoms with Gasteiger partial charge in [-0.15, -0.1) is 0 Å². The van der Waals surface area contributed by atoms with E-state index >= 15 is 4.39 Å². The smallest absolute Gasteiger partial charge is 0.323 e. The molecule has 1 fully saturated rings. The standard InChI is InChI=1S/C23H30FN6O6PS/c1-13(21(32)33-5)29-37(38,36-15-9-7-6-8-10-15)34-11-16-18(31)23(3,24)22(35-16)30-12-26-17-19(25-4)27-14(2)28-20(17)30/h6-10,12-13,16,18,22,31H,11H2,1-5H3,(H,29,38)(H,25,27,28)/t13-,16-,18-,22-,23-,37?/m1/s1. The molecule has 1 aliphatic rings. The summed E-state index contributed by atoms with van der Waals surface area (Å²) in [4.78, 5) is 25.0. The Bertz CT molecular complexity index is 1340. The fourth-order valence-electron chi connectivity index (χ4n) is 4.07.